The van der Waals surface area contributed by atoms with Gasteiger partial charge in [-0.3, -0.25) is 14.6 Å². The fraction of sp³-hybridized carbons (Fsp3) is 0.485. The Labute approximate surface area is 225 Å². The number of fused-ring (bicyclic) bond motifs is 4. The summed E-state index contributed by atoms with van der Waals surface area (Å²) in [5.41, 5.74) is 7.01. The SMILES string of the molecule is CN(CCc1ccccn1)C(=O)c1ccc(C2CC3(C)C(O)CCC3C3CCC4=CC(=O)CCC4=C23)cc1. The van der Waals surface area contributed by atoms with Crippen LogP contribution in [0.5, 0.6) is 0 Å². The van der Waals surface area contributed by atoms with E-state index in [2.05, 4.69) is 24.0 Å². The number of aliphatic hydroxyl groups is 1. The van der Waals surface area contributed by atoms with E-state index in [1.807, 2.05) is 43.5 Å². The molecule has 1 aromatic heterocycles. The highest BCUT2D eigenvalue weighted by Gasteiger charge is 2.56. The summed E-state index contributed by atoms with van der Waals surface area (Å²) in [5.74, 6) is 1.46. The van der Waals surface area contributed by atoms with Crippen molar-refractivity contribution >= 4 is 11.7 Å². The Morgan fingerprint density at radius 2 is 1.89 bits per heavy atom. The maximum Gasteiger partial charge on any atom is 0.253 e. The summed E-state index contributed by atoms with van der Waals surface area (Å²) in [6, 6.07) is 14.1. The number of aliphatic hydroxyl groups excluding tert-OH is 1. The molecule has 2 fully saturated rings. The number of carbonyl (C=O) groups is 2. The topological polar surface area (TPSA) is 70.5 Å². The Balaban J connectivity index is 1.28. The van der Waals surface area contributed by atoms with Crippen LogP contribution in [0.4, 0.5) is 0 Å². The second kappa shape index (κ2) is 9.92. The number of carbonyl (C=O) groups excluding carboxylic acids is 2. The van der Waals surface area contributed by atoms with Crippen LogP contribution in [0.1, 0.15) is 79.4 Å². The second-order valence-electron chi connectivity index (χ2n) is 12.1. The normalized spacial score (nSPS) is 30.3. The summed E-state index contributed by atoms with van der Waals surface area (Å²) in [4.78, 5) is 31.5. The summed E-state index contributed by atoms with van der Waals surface area (Å²) in [5, 5.41) is 11.1. The molecule has 0 saturated heterocycles. The molecule has 2 saturated carbocycles. The highest BCUT2D eigenvalue weighted by molar-refractivity contribution is 5.94. The highest BCUT2D eigenvalue weighted by Crippen LogP contribution is 2.63. The van der Waals surface area contributed by atoms with Crippen molar-refractivity contribution in [1.82, 2.24) is 9.88 Å². The molecule has 0 spiro atoms. The molecule has 6 rings (SSSR count). The quantitative estimate of drug-likeness (QED) is 0.564. The number of hydrogen-bond donors (Lipinski definition) is 1. The molecule has 0 aliphatic heterocycles. The van der Waals surface area contributed by atoms with Crippen molar-refractivity contribution in [3.05, 3.63) is 88.3 Å². The number of rotatable bonds is 5. The minimum Gasteiger partial charge on any atom is -0.393 e. The van der Waals surface area contributed by atoms with Crippen LogP contribution in [0.2, 0.25) is 0 Å². The third-order valence-corrected chi connectivity index (χ3v) is 10.0. The molecule has 38 heavy (non-hydrogen) atoms. The maximum absolute atomic E-state index is 13.2. The van der Waals surface area contributed by atoms with Crippen LogP contribution in [-0.2, 0) is 11.2 Å². The van der Waals surface area contributed by atoms with Crippen molar-refractivity contribution in [2.45, 2.75) is 70.3 Å². The third kappa shape index (κ3) is 4.35. The lowest BCUT2D eigenvalue weighted by atomic mass is 9.53. The van der Waals surface area contributed by atoms with Gasteiger partial charge in [-0.15, -0.1) is 0 Å². The molecule has 5 unspecified atom stereocenters. The Morgan fingerprint density at radius 1 is 1.08 bits per heavy atom. The molecule has 4 aliphatic carbocycles. The Hall–Kier alpha value is -3.05. The van der Waals surface area contributed by atoms with E-state index in [4.69, 9.17) is 0 Å². The van der Waals surface area contributed by atoms with Gasteiger partial charge in [-0.2, -0.15) is 0 Å². The zero-order chi connectivity index (χ0) is 26.4. The number of nitrogens with zero attached hydrogens (tertiary/aromatic N) is 2. The zero-order valence-electron chi connectivity index (χ0n) is 22.5. The number of allylic oxidation sites excluding steroid dienone is 4. The van der Waals surface area contributed by atoms with Crippen molar-refractivity contribution in [3.63, 3.8) is 0 Å². The van der Waals surface area contributed by atoms with Gasteiger partial charge in [-0.05, 0) is 103 Å². The summed E-state index contributed by atoms with van der Waals surface area (Å²) in [6.45, 7) is 2.91. The van der Waals surface area contributed by atoms with Gasteiger partial charge in [0.1, 0.15) is 0 Å². The lowest BCUT2D eigenvalue weighted by molar-refractivity contribution is -0.114. The smallest absolute Gasteiger partial charge is 0.253 e. The zero-order valence-corrected chi connectivity index (χ0v) is 22.5. The maximum atomic E-state index is 13.2. The molecule has 198 valence electrons. The van der Waals surface area contributed by atoms with Crippen LogP contribution in [0.25, 0.3) is 0 Å². The van der Waals surface area contributed by atoms with Gasteiger partial charge >= 0.3 is 0 Å². The molecule has 4 aliphatic rings. The largest absolute Gasteiger partial charge is 0.393 e. The monoisotopic (exact) mass is 510 g/mol. The summed E-state index contributed by atoms with van der Waals surface area (Å²) in [7, 11) is 1.85. The van der Waals surface area contributed by atoms with Crippen molar-refractivity contribution in [3.8, 4) is 0 Å². The highest BCUT2D eigenvalue weighted by atomic mass is 16.3. The van der Waals surface area contributed by atoms with Gasteiger partial charge in [-0.1, -0.05) is 30.7 Å². The van der Waals surface area contributed by atoms with Crippen LogP contribution in [-0.4, -0.2) is 46.4 Å². The fourth-order valence-electron chi connectivity index (χ4n) is 7.94. The van der Waals surface area contributed by atoms with E-state index in [-0.39, 0.29) is 29.1 Å². The van der Waals surface area contributed by atoms with Gasteiger partial charge in [-0.25, -0.2) is 0 Å². The summed E-state index contributed by atoms with van der Waals surface area (Å²) in [6.07, 6.45) is 10.5. The van der Waals surface area contributed by atoms with E-state index in [0.717, 1.165) is 50.6 Å². The number of aromatic nitrogens is 1. The molecule has 1 aromatic carbocycles. The van der Waals surface area contributed by atoms with Gasteiger partial charge in [0.25, 0.3) is 5.91 Å². The molecule has 5 nitrogen and oxygen atoms in total. The first-order chi connectivity index (χ1) is 18.3. The molecule has 1 heterocycles. The number of ketones is 1. The molecule has 1 N–H and O–H groups in total. The van der Waals surface area contributed by atoms with Gasteiger partial charge in [0, 0.05) is 49.8 Å². The molecule has 2 aromatic rings. The van der Waals surface area contributed by atoms with Crippen molar-refractivity contribution in [2.75, 3.05) is 13.6 Å². The van der Waals surface area contributed by atoms with Crippen molar-refractivity contribution < 1.29 is 14.7 Å². The number of benzene rings is 1. The molecule has 1 amide bonds. The lowest BCUT2D eigenvalue weighted by Crippen LogP contribution is -2.45. The summed E-state index contributed by atoms with van der Waals surface area (Å²) >= 11 is 0. The molecule has 5 atom stereocenters. The molecule has 0 bridgehead atoms. The standard InChI is InChI=1S/C33H38N2O3/c1-33-20-28(21-6-8-22(9-7-21)32(38)35(2)18-16-24-5-3-4-17-34-24)31-26-13-11-25(36)19-23(26)10-12-27(31)29(33)14-15-30(33)37/h3-9,17,19,27-30,37H,10-16,18,20H2,1-2H3. The van der Waals surface area contributed by atoms with Gasteiger partial charge in [0.2, 0.25) is 0 Å². The minimum absolute atomic E-state index is 0.0166. The van der Waals surface area contributed by atoms with Gasteiger partial charge in [0.05, 0.1) is 6.10 Å². The van der Waals surface area contributed by atoms with E-state index in [1.165, 1.54) is 22.3 Å². The first-order valence-electron chi connectivity index (χ1n) is 14.3. The summed E-state index contributed by atoms with van der Waals surface area (Å²) < 4.78 is 0. The van der Waals surface area contributed by atoms with E-state index < -0.39 is 0 Å². The van der Waals surface area contributed by atoms with Crippen molar-refractivity contribution in [2.24, 2.45) is 17.3 Å². The molecular weight excluding hydrogens is 472 g/mol. The van der Waals surface area contributed by atoms with Crippen molar-refractivity contribution in [1.29, 1.82) is 0 Å². The lowest BCUT2D eigenvalue weighted by Gasteiger charge is -2.52. The Morgan fingerprint density at radius 3 is 2.66 bits per heavy atom. The molecule has 5 heteroatoms. The van der Waals surface area contributed by atoms with Crippen LogP contribution in [0.15, 0.2) is 71.5 Å². The molecular formula is C33H38N2O3. The second-order valence-corrected chi connectivity index (χ2v) is 12.1. The van der Waals surface area contributed by atoms with Gasteiger partial charge in [0.15, 0.2) is 5.78 Å². The first kappa shape index (κ1) is 25.2. The third-order valence-electron chi connectivity index (χ3n) is 10.0. The Kier molecular flexibility index (Phi) is 6.59. The predicted octanol–water partition coefficient (Wildman–Crippen LogP) is 5.66. The first-order valence-corrected chi connectivity index (χ1v) is 14.3. The number of hydrogen-bond acceptors (Lipinski definition) is 4. The number of pyridine rings is 1. The van der Waals surface area contributed by atoms with E-state index in [1.54, 1.807) is 11.1 Å². The van der Waals surface area contributed by atoms with Crippen LogP contribution >= 0.6 is 0 Å². The Bertz CT molecular complexity index is 1300. The minimum atomic E-state index is -0.264. The number of likely N-dealkylation sites (N-methyl/N-ethyl adjacent to an activating group) is 1. The predicted molar refractivity (Wildman–Crippen MR) is 148 cm³/mol. The van der Waals surface area contributed by atoms with E-state index >= 15 is 0 Å². The van der Waals surface area contributed by atoms with Crippen LogP contribution < -0.4 is 0 Å². The average Bonchev–Trinajstić information content (AvgIpc) is 3.25. The van der Waals surface area contributed by atoms with Crippen LogP contribution in [0, 0.1) is 17.3 Å². The fourth-order valence-corrected chi connectivity index (χ4v) is 7.94. The average molecular weight is 511 g/mol. The van der Waals surface area contributed by atoms with E-state index in [9.17, 15) is 14.7 Å². The van der Waals surface area contributed by atoms with Crippen LogP contribution in [0.3, 0.4) is 0 Å². The number of amides is 1. The van der Waals surface area contributed by atoms with Gasteiger partial charge < -0.3 is 10.0 Å². The van der Waals surface area contributed by atoms with E-state index in [0.29, 0.717) is 30.4 Å². The molecule has 0 radical (unpaired) electrons.